The number of aliphatic hydroxyl groups is 1. The lowest BCUT2D eigenvalue weighted by Gasteiger charge is -1.93. The van der Waals surface area contributed by atoms with E-state index in [4.69, 9.17) is 5.11 Å². The van der Waals surface area contributed by atoms with Gasteiger partial charge in [0.2, 0.25) is 5.01 Å². The van der Waals surface area contributed by atoms with Crippen molar-refractivity contribution in [2.24, 2.45) is 0 Å². The second kappa shape index (κ2) is 8.64. The van der Waals surface area contributed by atoms with Crippen molar-refractivity contribution < 1.29 is 14.6 Å². The maximum absolute atomic E-state index is 10.9. The summed E-state index contributed by atoms with van der Waals surface area (Å²) in [6.45, 7) is 2.08. The SMILES string of the molecule is CCOC(=O)c1nnc(Br)s1.OCc1nnc(Br)s1. The van der Waals surface area contributed by atoms with Gasteiger partial charge in [-0.2, -0.15) is 0 Å². The van der Waals surface area contributed by atoms with Crippen molar-refractivity contribution >= 4 is 60.5 Å². The Morgan fingerprint density at radius 3 is 2.21 bits per heavy atom. The zero-order valence-corrected chi connectivity index (χ0v) is 14.3. The summed E-state index contributed by atoms with van der Waals surface area (Å²) in [6, 6.07) is 0. The minimum absolute atomic E-state index is 0.0245. The average Bonchev–Trinajstić information content (AvgIpc) is 2.99. The Morgan fingerprint density at radius 1 is 1.21 bits per heavy atom. The standard InChI is InChI=1S/C5H5BrN2O2S.C3H3BrN2OS/c1-2-10-4(9)3-7-8-5(6)11-3;4-3-6-5-2(1-7)8-3/h2H2,1H3;7H,1H2. The zero-order chi connectivity index (χ0) is 14.3. The lowest BCUT2D eigenvalue weighted by atomic mass is 10.7. The van der Waals surface area contributed by atoms with Crippen LogP contribution in [0.5, 0.6) is 0 Å². The van der Waals surface area contributed by atoms with Gasteiger partial charge in [-0.15, -0.1) is 20.4 Å². The normalized spacial score (nSPS) is 9.68. The summed E-state index contributed by atoms with van der Waals surface area (Å²) in [5, 5.41) is 23.8. The van der Waals surface area contributed by atoms with Crippen LogP contribution in [0.15, 0.2) is 7.83 Å². The first-order chi connectivity index (χ1) is 9.06. The van der Waals surface area contributed by atoms with Crippen molar-refractivity contribution in [1.82, 2.24) is 20.4 Å². The van der Waals surface area contributed by atoms with Crippen LogP contribution in [0.25, 0.3) is 0 Å². The molecule has 0 aliphatic carbocycles. The molecule has 0 fully saturated rings. The molecular weight excluding hydrogens is 424 g/mol. The zero-order valence-electron chi connectivity index (χ0n) is 9.54. The molecule has 0 saturated carbocycles. The number of carbonyl (C=O) groups excluding carboxylic acids is 1. The van der Waals surface area contributed by atoms with Crippen LogP contribution in [-0.2, 0) is 11.3 Å². The third-order valence-electron chi connectivity index (χ3n) is 1.43. The summed E-state index contributed by atoms with van der Waals surface area (Å²) in [6.07, 6.45) is 0. The first-order valence-corrected chi connectivity index (χ1v) is 8.03. The van der Waals surface area contributed by atoms with E-state index in [2.05, 4.69) is 57.0 Å². The van der Waals surface area contributed by atoms with E-state index >= 15 is 0 Å². The first-order valence-electron chi connectivity index (χ1n) is 4.81. The fourth-order valence-corrected chi connectivity index (χ4v) is 2.84. The Balaban J connectivity index is 0.000000200. The van der Waals surface area contributed by atoms with E-state index in [-0.39, 0.29) is 11.6 Å². The van der Waals surface area contributed by atoms with Crippen molar-refractivity contribution in [3.63, 3.8) is 0 Å². The number of hydrogen-bond donors (Lipinski definition) is 1. The molecule has 0 unspecified atom stereocenters. The molecule has 0 saturated heterocycles. The summed E-state index contributed by atoms with van der Waals surface area (Å²) in [4.78, 5) is 10.9. The molecule has 1 N–H and O–H groups in total. The number of hydrogen-bond acceptors (Lipinski definition) is 9. The number of aromatic nitrogens is 4. The van der Waals surface area contributed by atoms with Crippen LogP contribution >= 0.6 is 54.5 Å². The highest BCUT2D eigenvalue weighted by molar-refractivity contribution is 9.11. The Hall–Kier alpha value is -0.490. The fraction of sp³-hybridized carbons (Fsp3) is 0.375. The van der Waals surface area contributed by atoms with E-state index in [0.29, 0.717) is 19.4 Å². The molecule has 2 aromatic rings. The molecule has 0 aliphatic heterocycles. The molecule has 2 heterocycles. The molecule has 0 aliphatic rings. The predicted octanol–water partition coefficient (Wildman–Crippen LogP) is 2.27. The van der Waals surface area contributed by atoms with Gasteiger partial charge in [0.25, 0.3) is 0 Å². The Kier molecular flexibility index (Phi) is 7.53. The number of carbonyl (C=O) groups is 1. The highest BCUT2D eigenvalue weighted by atomic mass is 79.9. The van der Waals surface area contributed by atoms with E-state index in [1.165, 1.54) is 11.3 Å². The van der Waals surface area contributed by atoms with Gasteiger partial charge < -0.3 is 9.84 Å². The average molecular weight is 432 g/mol. The fourth-order valence-electron chi connectivity index (χ4n) is 0.778. The minimum atomic E-state index is -0.421. The van der Waals surface area contributed by atoms with Crippen LogP contribution in [0.4, 0.5) is 0 Å². The van der Waals surface area contributed by atoms with Crippen molar-refractivity contribution in [2.75, 3.05) is 6.61 Å². The molecule has 0 spiro atoms. The number of esters is 1. The van der Waals surface area contributed by atoms with E-state index in [1.807, 2.05) is 0 Å². The van der Waals surface area contributed by atoms with Gasteiger partial charge in [0.05, 0.1) is 13.2 Å². The monoisotopic (exact) mass is 430 g/mol. The van der Waals surface area contributed by atoms with Gasteiger partial charge >= 0.3 is 5.97 Å². The molecular formula is C8H8Br2N4O3S2. The van der Waals surface area contributed by atoms with E-state index < -0.39 is 5.97 Å². The molecule has 0 bridgehead atoms. The Morgan fingerprint density at radius 2 is 1.84 bits per heavy atom. The molecule has 0 atom stereocenters. The van der Waals surface area contributed by atoms with Crippen LogP contribution < -0.4 is 0 Å². The van der Waals surface area contributed by atoms with Crippen molar-refractivity contribution in [1.29, 1.82) is 0 Å². The Bertz CT molecular complexity index is 534. The summed E-state index contributed by atoms with van der Waals surface area (Å²) in [5.74, 6) is -0.421. The van der Waals surface area contributed by atoms with E-state index in [9.17, 15) is 4.79 Å². The number of rotatable bonds is 3. The molecule has 2 rings (SSSR count). The molecule has 0 amide bonds. The number of ether oxygens (including phenoxy) is 1. The molecule has 19 heavy (non-hydrogen) atoms. The second-order valence-electron chi connectivity index (χ2n) is 2.69. The highest BCUT2D eigenvalue weighted by Gasteiger charge is 2.11. The van der Waals surface area contributed by atoms with Crippen LogP contribution in [0.2, 0.25) is 0 Å². The second-order valence-corrected chi connectivity index (χ2v) is 7.28. The predicted molar refractivity (Wildman–Crippen MR) is 77.1 cm³/mol. The van der Waals surface area contributed by atoms with E-state index in [0.717, 1.165) is 11.3 Å². The smallest absolute Gasteiger partial charge is 0.369 e. The van der Waals surface area contributed by atoms with Crippen molar-refractivity contribution in [3.8, 4) is 0 Å². The van der Waals surface area contributed by atoms with Crippen LogP contribution in [0.1, 0.15) is 21.7 Å². The minimum Gasteiger partial charge on any atom is -0.461 e. The maximum atomic E-state index is 10.9. The molecule has 0 aromatic carbocycles. The maximum Gasteiger partial charge on any atom is 0.369 e. The summed E-state index contributed by atoms with van der Waals surface area (Å²) in [7, 11) is 0. The molecule has 0 radical (unpaired) electrons. The van der Waals surface area contributed by atoms with Gasteiger partial charge in [-0.05, 0) is 38.8 Å². The molecule has 7 nitrogen and oxygen atoms in total. The number of aliphatic hydroxyl groups excluding tert-OH is 1. The van der Waals surface area contributed by atoms with Crippen molar-refractivity contribution in [3.05, 3.63) is 17.8 Å². The lowest BCUT2D eigenvalue weighted by molar-refractivity contribution is 0.0525. The third-order valence-corrected chi connectivity index (χ3v) is 4.10. The van der Waals surface area contributed by atoms with Crippen molar-refractivity contribution in [2.45, 2.75) is 13.5 Å². The van der Waals surface area contributed by atoms with E-state index in [1.54, 1.807) is 6.92 Å². The Labute approximate surface area is 133 Å². The van der Waals surface area contributed by atoms with Gasteiger partial charge in [-0.25, -0.2) is 4.79 Å². The molecule has 2 aromatic heterocycles. The van der Waals surface area contributed by atoms with Crippen LogP contribution in [0, 0.1) is 0 Å². The van der Waals surface area contributed by atoms with Gasteiger partial charge in [0, 0.05) is 0 Å². The van der Waals surface area contributed by atoms with Gasteiger partial charge in [-0.1, -0.05) is 22.7 Å². The summed E-state index contributed by atoms with van der Waals surface area (Å²) < 4.78 is 5.98. The summed E-state index contributed by atoms with van der Waals surface area (Å²) >= 11 is 8.68. The van der Waals surface area contributed by atoms with Gasteiger partial charge in [0.1, 0.15) is 5.01 Å². The number of nitrogens with zero attached hydrogens (tertiary/aromatic N) is 4. The highest BCUT2D eigenvalue weighted by Crippen LogP contribution is 2.16. The van der Waals surface area contributed by atoms with Crippen LogP contribution in [-0.4, -0.2) is 38.1 Å². The quantitative estimate of drug-likeness (QED) is 0.744. The molecule has 11 heteroatoms. The summed E-state index contributed by atoms with van der Waals surface area (Å²) in [5.41, 5.74) is 0. The first kappa shape index (κ1) is 16.6. The topological polar surface area (TPSA) is 98.1 Å². The lowest BCUT2D eigenvalue weighted by Crippen LogP contribution is -2.03. The van der Waals surface area contributed by atoms with Gasteiger partial charge in [-0.3, -0.25) is 0 Å². The third kappa shape index (κ3) is 5.99. The largest absolute Gasteiger partial charge is 0.461 e. The molecule has 104 valence electrons. The van der Waals surface area contributed by atoms with Gasteiger partial charge in [0.15, 0.2) is 7.83 Å². The number of halogens is 2. The van der Waals surface area contributed by atoms with Crippen LogP contribution in [0.3, 0.4) is 0 Å².